The molecule has 0 radical (unpaired) electrons. The Kier molecular flexibility index (Phi) is 5.65. The van der Waals surface area contributed by atoms with Gasteiger partial charge in [-0.15, -0.1) is 0 Å². The number of aliphatic hydroxyl groups is 1. The van der Waals surface area contributed by atoms with E-state index in [1.54, 1.807) is 25.9 Å². The molecule has 1 N–H and O–H groups in total. The summed E-state index contributed by atoms with van der Waals surface area (Å²) in [5, 5.41) is 9.58. The molecule has 0 heterocycles. The number of nitrogens with zero attached hydrogens (tertiary/aromatic N) is 1. The fourth-order valence-electron chi connectivity index (χ4n) is 1.59. The maximum Gasteiger partial charge on any atom is 0.222 e. The molecule has 0 aliphatic rings. The molecule has 1 amide bonds. The first-order valence-corrected chi connectivity index (χ1v) is 6.12. The van der Waals surface area contributed by atoms with Gasteiger partial charge in [0.25, 0.3) is 0 Å². The summed E-state index contributed by atoms with van der Waals surface area (Å²) in [6.45, 7) is 2.18. The monoisotopic (exact) mass is 251 g/mol. The predicted molar refractivity (Wildman–Crippen MR) is 70.5 cm³/mol. The smallest absolute Gasteiger partial charge is 0.222 e. The molecule has 1 rings (SSSR count). The molecule has 0 aliphatic heterocycles. The topological polar surface area (TPSA) is 49.8 Å². The zero-order chi connectivity index (χ0) is 13.5. The van der Waals surface area contributed by atoms with Gasteiger partial charge in [0.1, 0.15) is 5.75 Å². The van der Waals surface area contributed by atoms with E-state index in [0.29, 0.717) is 25.2 Å². The lowest BCUT2D eigenvalue weighted by molar-refractivity contribution is -0.128. The molecule has 0 saturated heterocycles. The van der Waals surface area contributed by atoms with E-state index in [0.717, 1.165) is 5.56 Å². The first-order valence-electron chi connectivity index (χ1n) is 6.12. The SMILES string of the molecule is C[C@@H](O)c1ccccc1OCCCC(=O)N(C)C. The van der Waals surface area contributed by atoms with Crippen LogP contribution in [0, 0.1) is 0 Å². The molecule has 0 fully saturated rings. The van der Waals surface area contributed by atoms with E-state index in [9.17, 15) is 9.90 Å². The minimum Gasteiger partial charge on any atom is -0.493 e. The second-order valence-electron chi connectivity index (χ2n) is 4.45. The highest BCUT2D eigenvalue weighted by Gasteiger charge is 2.08. The highest BCUT2D eigenvalue weighted by atomic mass is 16.5. The lowest BCUT2D eigenvalue weighted by atomic mass is 10.1. The van der Waals surface area contributed by atoms with E-state index in [4.69, 9.17) is 4.74 Å². The van der Waals surface area contributed by atoms with Gasteiger partial charge in [-0.1, -0.05) is 18.2 Å². The van der Waals surface area contributed by atoms with Gasteiger partial charge in [0.2, 0.25) is 5.91 Å². The summed E-state index contributed by atoms with van der Waals surface area (Å²) in [5.74, 6) is 0.784. The number of amides is 1. The van der Waals surface area contributed by atoms with Crippen LogP contribution < -0.4 is 4.74 Å². The third-order valence-corrected chi connectivity index (χ3v) is 2.66. The van der Waals surface area contributed by atoms with Crippen LogP contribution in [0.5, 0.6) is 5.75 Å². The fraction of sp³-hybridized carbons (Fsp3) is 0.500. The molecule has 100 valence electrons. The first kappa shape index (κ1) is 14.5. The van der Waals surface area contributed by atoms with Crippen molar-refractivity contribution in [1.82, 2.24) is 4.90 Å². The minimum atomic E-state index is -0.551. The number of hydrogen-bond donors (Lipinski definition) is 1. The molecule has 0 unspecified atom stereocenters. The Hall–Kier alpha value is -1.55. The summed E-state index contributed by atoms with van der Waals surface area (Å²) in [6.07, 6.45) is 0.597. The molecule has 1 atom stereocenters. The highest BCUT2D eigenvalue weighted by Crippen LogP contribution is 2.24. The Morgan fingerprint density at radius 1 is 1.39 bits per heavy atom. The molecule has 0 bridgehead atoms. The van der Waals surface area contributed by atoms with E-state index in [2.05, 4.69) is 0 Å². The van der Waals surface area contributed by atoms with Gasteiger partial charge in [-0.2, -0.15) is 0 Å². The van der Waals surface area contributed by atoms with Crippen LogP contribution in [0.3, 0.4) is 0 Å². The Bertz CT molecular complexity index is 388. The van der Waals surface area contributed by atoms with Crippen LogP contribution in [-0.4, -0.2) is 36.6 Å². The summed E-state index contributed by atoms with van der Waals surface area (Å²) in [6, 6.07) is 7.40. The molecular formula is C14H21NO3. The predicted octanol–water partition coefficient (Wildman–Crippen LogP) is 1.99. The Balaban J connectivity index is 2.42. The van der Waals surface area contributed by atoms with Gasteiger partial charge < -0.3 is 14.7 Å². The van der Waals surface area contributed by atoms with Crippen LogP contribution in [0.1, 0.15) is 31.4 Å². The summed E-state index contributed by atoms with van der Waals surface area (Å²) in [5.41, 5.74) is 0.774. The number of hydrogen-bond acceptors (Lipinski definition) is 3. The van der Waals surface area contributed by atoms with E-state index in [1.807, 2.05) is 24.3 Å². The van der Waals surface area contributed by atoms with Crippen LogP contribution in [-0.2, 0) is 4.79 Å². The Morgan fingerprint density at radius 2 is 2.06 bits per heavy atom. The number of carbonyl (C=O) groups is 1. The van der Waals surface area contributed by atoms with Gasteiger partial charge in [-0.05, 0) is 19.4 Å². The lowest BCUT2D eigenvalue weighted by Crippen LogP contribution is -2.21. The summed E-state index contributed by atoms with van der Waals surface area (Å²) in [7, 11) is 3.48. The number of para-hydroxylation sites is 1. The molecule has 18 heavy (non-hydrogen) atoms. The van der Waals surface area contributed by atoms with Crippen molar-refractivity contribution in [2.24, 2.45) is 0 Å². The summed E-state index contributed by atoms with van der Waals surface area (Å²) in [4.78, 5) is 12.9. The van der Waals surface area contributed by atoms with Crippen molar-refractivity contribution in [3.63, 3.8) is 0 Å². The van der Waals surface area contributed by atoms with Crippen molar-refractivity contribution in [3.8, 4) is 5.75 Å². The molecular weight excluding hydrogens is 230 g/mol. The normalized spacial score (nSPS) is 12.0. The molecule has 1 aromatic rings. The van der Waals surface area contributed by atoms with Crippen LogP contribution in [0.15, 0.2) is 24.3 Å². The van der Waals surface area contributed by atoms with Crippen molar-refractivity contribution in [3.05, 3.63) is 29.8 Å². The molecule has 1 aromatic carbocycles. The third-order valence-electron chi connectivity index (χ3n) is 2.66. The fourth-order valence-corrected chi connectivity index (χ4v) is 1.59. The van der Waals surface area contributed by atoms with Gasteiger partial charge in [-0.25, -0.2) is 0 Å². The van der Waals surface area contributed by atoms with E-state index in [1.165, 1.54) is 0 Å². The van der Waals surface area contributed by atoms with E-state index < -0.39 is 6.10 Å². The lowest BCUT2D eigenvalue weighted by Gasteiger charge is -2.14. The summed E-state index contributed by atoms with van der Waals surface area (Å²) < 4.78 is 5.60. The zero-order valence-corrected chi connectivity index (χ0v) is 11.2. The van der Waals surface area contributed by atoms with Gasteiger partial charge in [0.05, 0.1) is 12.7 Å². The van der Waals surface area contributed by atoms with Crippen molar-refractivity contribution in [1.29, 1.82) is 0 Å². The molecule has 4 nitrogen and oxygen atoms in total. The van der Waals surface area contributed by atoms with Crippen LogP contribution in [0.4, 0.5) is 0 Å². The van der Waals surface area contributed by atoms with Gasteiger partial charge in [0, 0.05) is 26.1 Å². The molecule has 0 spiro atoms. The van der Waals surface area contributed by atoms with E-state index >= 15 is 0 Å². The maximum absolute atomic E-state index is 11.4. The van der Waals surface area contributed by atoms with Crippen molar-refractivity contribution in [2.45, 2.75) is 25.9 Å². The quantitative estimate of drug-likeness (QED) is 0.787. The average Bonchev–Trinajstić information content (AvgIpc) is 2.34. The molecule has 4 heteroatoms. The number of carbonyl (C=O) groups excluding carboxylic acids is 1. The molecule has 0 aliphatic carbocycles. The van der Waals surface area contributed by atoms with E-state index in [-0.39, 0.29) is 5.91 Å². The van der Waals surface area contributed by atoms with Crippen molar-refractivity contribution < 1.29 is 14.6 Å². The number of ether oxygens (including phenoxy) is 1. The van der Waals surface area contributed by atoms with Crippen molar-refractivity contribution >= 4 is 5.91 Å². The summed E-state index contributed by atoms with van der Waals surface area (Å²) >= 11 is 0. The Labute approximate surface area is 108 Å². The van der Waals surface area contributed by atoms with Crippen molar-refractivity contribution in [2.75, 3.05) is 20.7 Å². The van der Waals surface area contributed by atoms with Crippen LogP contribution in [0.2, 0.25) is 0 Å². The highest BCUT2D eigenvalue weighted by molar-refractivity contribution is 5.75. The molecule has 0 saturated carbocycles. The molecule has 0 aromatic heterocycles. The zero-order valence-electron chi connectivity index (χ0n) is 11.2. The first-order chi connectivity index (χ1) is 8.52. The van der Waals surface area contributed by atoms with Crippen LogP contribution >= 0.6 is 0 Å². The second-order valence-corrected chi connectivity index (χ2v) is 4.45. The average molecular weight is 251 g/mol. The number of benzene rings is 1. The third kappa shape index (κ3) is 4.37. The minimum absolute atomic E-state index is 0.0995. The maximum atomic E-state index is 11.4. The second kappa shape index (κ2) is 7.01. The van der Waals surface area contributed by atoms with Gasteiger partial charge >= 0.3 is 0 Å². The Morgan fingerprint density at radius 3 is 2.67 bits per heavy atom. The number of rotatable bonds is 6. The van der Waals surface area contributed by atoms with Gasteiger partial charge in [-0.3, -0.25) is 4.79 Å². The largest absolute Gasteiger partial charge is 0.493 e. The van der Waals surface area contributed by atoms with Crippen LogP contribution in [0.25, 0.3) is 0 Å². The standard InChI is InChI=1S/C14H21NO3/c1-11(16)12-7-4-5-8-13(12)18-10-6-9-14(17)15(2)3/h4-5,7-8,11,16H,6,9-10H2,1-3H3/t11-/m1/s1. The van der Waals surface area contributed by atoms with Gasteiger partial charge in [0.15, 0.2) is 0 Å². The number of aliphatic hydroxyl groups excluding tert-OH is 1.